The number of carbonyl (C=O) groups excluding carboxylic acids is 1. The van der Waals surface area contributed by atoms with Gasteiger partial charge in [-0.05, 0) is 30.7 Å². The Morgan fingerprint density at radius 1 is 1.30 bits per heavy atom. The number of halogens is 1. The van der Waals surface area contributed by atoms with Gasteiger partial charge in [0.25, 0.3) is 5.91 Å². The van der Waals surface area contributed by atoms with Crippen LogP contribution < -0.4 is 10.2 Å². The van der Waals surface area contributed by atoms with E-state index in [-0.39, 0.29) is 17.2 Å². The van der Waals surface area contributed by atoms with E-state index in [1.807, 2.05) is 24.3 Å². The number of hydrazone groups is 1. The molecule has 27 heavy (non-hydrogen) atoms. The van der Waals surface area contributed by atoms with Crippen molar-refractivity contribution in [1.82, 2.24) is 9.73 Å². The third kappa shape index (κ3) is 5.38. The van der Waals surface area contributed by atoms with Gasteiger partial charge in [-0.1, -0.05) is 40.2 Å². The number of benzene rings is 2. The van der Waals surface area contributed by atoms with Crippen LogP contribution in [-0.4, -0.2) is 45.5 Å². The molecule has 0 heterocycles. The molecule has 0 spiro atoms. The van der Waals surface area contributed by atoms with Crippen molar-refractivity contribution in [3.63, 3.8) is 0 Å². The van der Waals surface area contributed by atoms with Crippen LogP contribution in [0.4, 0.5) is 0 Å². The van der Waals surface area contributed by atoms with Gasteiger partial charge in [0.1, 0.15) is 10.6 Å². The van der Waals surface area contributed by atoms with Crippen molar-refractivity contribution in [1.29, 1.82) is 0 Å². The Kier molecular flexibility index (Phi) is 7.11. The molecule has 0 unspecified atom stereocenters. The number of nitrogens with one attached hydrogen (secondary N) is 1. The maximum absolute atomic E-state index is 12.8. The first-order valence-corrected chi connectivity index (χ1v) is 10.2. The zero-order chi connectivity index (χ0) is 20.0. The number of nitrogens with zero attached hydrogens (tertiary/aromatic N) is 2. The highest BCUT2D eigenvalue weighted by Gasteiger charge is 2.26. The topological polar surface area (TPSA) is 88.1 Å². The Morgan fingerprint density at radius 2 is 2.00 bits per heavy atom. The van der Waals surface area contributed by atoms with Gasteiger partial charge in [-0.3, -0.25) is 4.79 Å². The van der Waals surface area contributed by atoms with Crippen LogP contribution in [0.15, 0.2) is 56.9 Å². The van der Waals surface area contributed by atoms with E-state index < -0.39 is 15.9 Å². The molecule has 0 aliphatic rings. The van der Waals surface area contributed by atoms with Gasteiger partial charge in [-0.25, -0.2) is 13.8 Å². The molecule has 0 saturated heterocycles. The van der Waals surface area contributed by atoms with E-state index in [9.17, 15) is 13.2 Å². The third-order valence-corrected chi connectivity index (χ3v) is 6.22. The molecule has 7 nitrogen and oxygen atoms in total. The zero-order valence-corrected chi connectivity index (χ0v) is 17.5. The normalized spacial score (nSPS) is 11.7. The Bertz CT molecular complexity index is 961. The second-order valence-electron chi connectivity index (χ2n) is 5.73. The number of sulfonamides is 1. The number of ether oxygens (including phenoxy) is 1. The number of methoxy groups -OCH3 is 1. The van der Waals surface area contributed by atoms with Gasteiger partial charge in [0.15, 0.2) is 0 Å². The molecule has 0 aliphatic carbocycles. The van der Waals surface area contributed by atoms with Crippen LogP contribution >= 0.6 is 15.9 Å². The minimum atomic E-state index is -3.90. The van der Waals surface area contributed by atoms with Gasteiger partial charge >= 0.3 is 0 Å². The molecular weight excluding hydrogens is 434 g/mol. The van der Waals surface area contributed by atoms with Crippen molar-refractivity contribution < 1.29 is 17.9 Å². The maximum Gasteiger partial charge on any atom is 0.255 e. The minimum absolute atomic E-state index is 0.0111. The summed E-state index contributed by atoms with van der Waals surface area (Å²) in [5.41, 5.74) is 3.87. The average Bonchev–Trinajstić information content (AvgIpc) is 2.63. The lowest BCUT2D eigenvalue weighted by Gasteiger charge is -2.18. The molecule has 0 fully saturated rings. The maximum atomic E-state index is 12.8. The summed E-state index contributed by atoms with van der Waals surface area (Å²) in [6.45, 7) is 1.40. The largest absolute Gasteiger partial charge is 0.495 e. The lowest BCUT2D eigenvalue weighted by molar-refractivity contribution is -0.121. The van der Waals surface area contributed by atoms with Gasteiger partial charge in [-0.15, -0.1) is 0 Å². The van der Waals surface area contributed by atoms with Crippen LogP contribution in [0.1, 0.15) is 11.1 Å². The molecule has 0 aromatic heterocycles. The summed E-state index contributed by atoms with van der Waals surface area (Å²) in [6, 6.07) is 12.2. The Morgan fingerprint density at radius 3 is 2.67 bits per heavy atom. The summed E-state index contributed by atoms with van der Waals surface area (Å²) in [5.74, 6) is -0.337. The highest BCUT2D eigenvalue weighted by molar-refractivity contribution is 9.10. The summed E-state index contributed by atoms with van der Waals surface area (Å²) in [4.78, 5) is 12.1. The molecular formula is C18H20BrN3O4S. The van der Waals surface area contributed by atoms with Crippen LogP contribution in [0.3, 0.4) is 0 Å². The number of aryl methyl sites for hydroxylation is 1. The lowest BCUT2D eigenvalue weighted by atomic mass is 10.2. The highest BCUT2D eigenvalue weighted by atomic mass is 79.9. The number of carbonyl (C=O) groups is 1. The van der Waals surface area contributed by atoms with Gasteiger partial charge < -0.3 is 4.74 Å². The van der Waals surface area contributed by atoms with Crippen molar-refractivity contribution in [2.75, 3.05) is 20.7 Å². The van der Waals surface area contributed by atoms with E-state index in [2.05, 4.69) is 26.5 Å². The molecule has 0 radical (unpaired) electrons. The average molecular weight is 454 g/mol. The van der Waals surface area contributed by atoms with Crippen LogP contribution in [0.5, 0.6) is 5.75 Å². The fourth-order valence-electron chi connectivity index (χ4n) is 2.23. The Balaban J connectivity index is 2.07. The van der Waals surface area contributed by atoms with E-state index in [1.165, 1.54) is 26.4 Å². The summed E-state index contributed by atoms with van der Waals surface area (Å²) in [6.07, 6.45) is 1.47. The molecule has 1 N–H and O–H groups in total. The zero-order valence-electron chi connectivity index (χ0n) is 15.1. The summed E-state index contributed by atoms with van der Waals surface area (Å²) in [7, 11) is -1.17. The second kappa shape index (κ2) is 9.12. The molecule has 0 bridgehead atoms. The van der Waals surface area contributed by atoms with Crippen LogP contribution in [0, 0.1) is 6.92 Å². The number of rotatable bonds is 7. The number of likely N-dealkylation sites (N-methyl/N-ethyl adjacent to an activating group) is 1. The molecule has 0 atom stereocenters. The lowest BCUT2D eigenvalue weighted by Crippen LogP contribution is -2.36. The Hall–Kier alpha value is -2.23. The van der Waals surface area contributed by atoms with Crippen molar-refractivity contribution in [2.24, 2.45) is 5.10 Å². The first-order chi connectivity index (χ1) is 12.8. The van der Waals surface area contributed by atoms with E-state index in [1.54, 1.807) is 19.1 Å². The number of hydrogen-bond acceptors (Lipinski definition) is 5. The van der Waals surface area contributed by atoms with Crippen LogP contribution in [0.2, 0.25) is 0 Å². The molecule has 144 valence electrons. The third-order valence-electron chi connectivity index (χ3n) is 3.67. The van der Waals surface area contributed by atoms with Gasteiger partial charge in [0.2, 0.25) is 10.0 Å². The molecule has 2 rings (SSSR count). The molecule has 0 aliphatic heterocycles. The number of amides is 1. The fraction of sp³-hybridized carbons (Fsp3) is 0.222. The molecule has 1 amide bonds. The fourth-order valence-corrected chi connectivity index (χ4v) is 3.98. The monoisotopic (exact) mass is 453 g/mol. The SMILES string of the molecule is COc1ccc(C)cc1S(=O)(=O)N(C)CC(=O)N/N=C/c1ccccc1Br. The van der Waals surface area contributed by atoms with Crippen molar-refractivity contribution in [3.05, 3.63) is 58.1 Å². The molecule has 2 aromatic carbocycles. The minimum Gasteiger partial charge on any atom is -0.495 e. The van der Waals surface area contributed by atoms with E-state index in [4.69, 9.17) is 4.74 Å². The summed E-state index contributed by atoms with van der Waals surface area (Å²) >= 11 is 3.37. The first kappa shape index (κ1) is 21.1. The highest BCUT2D eigenvalue weighted by Crippen LogP contribution is 2.27. The second-order valence-corrected chi connectivity index (χ2v) is 8.60. The van der Waals surface area contributed by atoms with Crippen LogP contribution in [0.25, 0.3) is 0 Å². The molecule has 2 aromatic rings. The molecule has 9 heteroatoms. The van der Waals surface area contributed by atoms with Crippen molar-refractivity contribution >= 4 is 38.1 Å². The van der Waals surface area contributed by atoms with E-state index >= 15 is 0 Å². The summed E-state index contributed by atoms with van der Waals surface area (Å²) < 4.78 is 32.4. The quantitative estimate of drug-likeness (QED) is 0.515. The first-order valence-electron chi connectivity index (χ1n) is 7.93. The number of hydrogen-bond donors (Lipinski definition) is 1. The van der Waals surface area contributed by atoms with Gasteiger partial charge in [-0.2, -0.15) is 9.41 Å². The van der Waals surface area contributed by atoms with E-state index in [0.29, 0.717) is 0 Å². The molecule has 0 saturated carbocycles. The van der Waals surface area contributed by atoms with E-state index in [0.717, 1.165) is 19.9 Å². The summed E-state index contributed by atoms with van der Waals surface area (Å²) in [5, 5.41) is 3.86. The predicted octanol–water partition coefficient (Wildman–Crippen LogP) is 2.54. The standard InChI is InChI=1S/C18H20BrN3O4S/c1-13-8-9-16(26-3)17(10-13)27(24,25)22(2)12-18(23)21-20-11-14-6-4-5-7-15(14)19/h4-11H,12H2,1-3H3,(H,21,23)/b20-11+. The van der Waals surface area contributed by atoms with Gasteiger partial charge in [0, 0.05) is 17.1 Å². The van der Waals surface area contributed by atoms with Crippen molar-refractivity contribution in [3.8, 4) is 5.75 Å². The van der Waals surface area contributed by atoms with Gasteiger partial charge in [0.05, 0.1) is 19.9 Å². The van der Waals surface area contributed by atoms with Crippen LogP contribution in [-0.2, 0) is 14.8 Å². The van der Waals surface area contributed by atoms with Crippen molar-refractivity contribution in [2.45, 2.75) is 11.8 Å². The predicted molar refractivity (Wildman–Crippen MR) is 107 cm³/mol. The smallest absolute Gasteiger partial charge is 0.255 e. The Labute approximate surface area is 167 Å².